The van der Waals surface area contributed by atoms with Gasteiger partial charge in [0, 0.05) is 19.1 Å². The van der Waals surface area contributed by atoms with Gasteiger partial charge in [-0.3, -0.25) is 18.7 Å². The van der Waals surface area contributed by atoms with E-state index in [4.69, 9.17) is 9.47 Å². The van der Waals surface area contributed by atoms with Gasteiger partial charge in [-0.25, -0.2) is 9.18 Å². The first kappa shape index (κ1) is 24.2. The Morgan fingerprint density at radius 3 is 2.57 bits per heavy atom. The summed E-state index contributed by atoms with van der Waals surface area (Å²) in [7, 11) is 1.39. The zero-order valence-electron chi connectivity index (χ0n) is 19.0. The van der Waals surface area contributed by atoms with E-state index in [1.54, 1.807) is 11.0 Å². The number of amides is 1. The average molecular weight is 489 g/mol. The largest absolute Gasteiger partial charge is 0.504 e. The summed E-state index contributed by atoms with van der Waals surface area (Å²) in [5.74, 6) is 0.0595. The van der Waals surface area contributed by atoms with Gasteiger partial charge < -0.3 is 19.5 Å². The number of fused-ring (bicyclic) bond motifs is 1. The van der Waals surface area contributed by atoms with E-state index in [1.165, 1.54) is 42.0 Å². The van der Waals surface area contributed by atoms with Crippen LogP contribution in [-0.4, -0.2) is 58.8 Å². The lowest BCUT2D eigenvalue weighted by Gasteiger charge is -2.31. The quantitative estimate of drug-likeness (QED) is 0.488. The maximum Gasteiger partial charge on any atom is 0.332 e. The van der Waals surface area contributed by atoms with Gasteiger partial charge in [0.25, 0.3) is 11.9 Å². The predicted molar refractivity (Wildman–Crippen MR) is 124 cm³/mol. The highest BCUT2D eigenvalue weighted by atomic mass is 19.2. The van der Waals surface area contributed by atoms with Gasteiger partial charge in [0.2, 0.25) is 6.41 Å². The molecule has 2 aromatic carbocycles. The maximum atomic E-state index is 13.6. The van der Waals surface area contributed by atoms with E-state index in [0.717, 1.165) is 11.0 Å². The van der Waals surface area contributed by atoms with Gasteiger partial charge in [-0.1, -0.05) is 6.07 Å². The lowest BCUT2D eigenvalue weighted by atomic mass is 10.0. The second kappa shape index (κ2) is 10.2. The number of phenolic OH excluding ortho intramolecular Hbond substituents is 1. The van der Waals surface area contributed by atoms with Crippen LogP contribution in [0.2, 0.25) is 0 Å². The third-order valence-corrected chi connectivity index (χ3v) is 6.12. The third kappa shape index (κ3) is 4.84. The zero-order valence-corrected chi connectivity index (χ0v) is 19.0. The number of aromatic nitrogens is 2. The lowest BCUT2D eigenvalue weighted by molar-refractivity contribution is -0.119. The number of hydrogen-bond donors (Lipinski definition) is 1. The first-order chi connectivity index (χ1) is 16.9. The standard InChI is InChI=1S/C24H25F2N3O6/c1-34-21-10-15(2-5-20(21)31)13-28-23(32)18-11-17(35-22(26)12-25)3-4-19(18)29(24(28)33)16-6-8-27(14-30)9-7-16/h2-5,10-11,14,16,22,31H,6-9,12-13H2,1H3. The fourth-order valence-electron chi connectivity index (χ4n) is 4.36. The summed E-state index contributed by atoms with van der Waals surface area (Å²) >= 11 is 0. The topological polar surface area (TPSA) is 103 Å². The molecule has 1 aliphatic heterocycles. The van der Waals surface area contributed by atoms with Gasteiger partial charge in [-0.2, -0.15) is 4.39 Å². The molecule has 0 spiro atoms. The number of phenols is 1. The monoisotopic (exact) mass is 489 g/mol. The van der Waals surface area contributed by atoms with Crippen molar-refractivity contribution in [2.45, 2.75) is 31.8 Å². The predicted octanol–water partition coefficient (Wildman–Crippen LogP) is 2.36. The van der Waals surface area contributed by atoms with E-state index in [2.05, 4.69) is 0 Å². The summed E-state index contributed by atoms with van der Waals surface area (Å²) in [5, 5.41) is 9.98. The molecule has 0 radical (unpaired) electrons. The van der Waals surface area contributed by atoms with Gasteiger partial charge >= 0.3 is 5.69 Å². The van der Waals surface area contributed by atoms with Crippen molar-refractivity contribution in [3.05, 3.63) is 62.8 Å². The molecule has 0 saturated carbocycles. The van der Waals surface area contributed by atoms with Crippen LogP contribution in [0.4, 0.5) is 8.78 Å². The summed E-state index contributed by atoms with van der Waals surface area (Å²) < 4.78 is 38.7. The molecule has 1 atom stereocenters. The Morgan fingerprint density at radius 1 is 1.17 bits per heavy atom. The fraction of sp³-hybridized carbons (Fsp3) is 0.375. The van der Waals surface area contributed by atoms with Crippen LogP contribution in [0.15, 0.2) is 46.0 Å². The molecule has 9 nitrogen and oxygen atoms in total. The van der Waals surface area contributed by atoms with Crippen molar-refractivity contribution in [2.75, 3.05) is 26.9 Å². The minimum absolute atomic E-state index is 0.0430. The van der Waals surface area contributed by atoms with Gasteiger partial charge in [-0.15, -0.1) is 0 Å². The minimum atomic E-state index is -2.18. The van der Waals surface area contributed by atoms with Crippen molar-refractivity contribution in [1.82, 2.24) is 14.0 Å². The normalized spacial score (nSPS) is 15.2. The number of carbonyl (C=O) groups is 1. The van der Waals surface area contributed by atoms with Crippen LogP contribution < -0.4 is 20.7 Å². The number of carbonyl (C=O) groups excluding carboxylic acids is 1. The van der Waals surface area contributed by atoms with E-state index < -0.39 is 24.3 Å². The van der Waals surface area contributed by atoms with Gasteiger partial charge in [0.1, 0.15) is 5.75 Å². The van der Waals surface area contributed by atoms with Crippen molar-refractivity contribution < 1.29 is 28.2 Å². The number of piperidine rings is 1. The van der Waals surface area contributed by atoms with Crippen LogP contribution in [0, 0.1) is 0 Å². The van der Waals surface area contributed by atoms with Crippen molar-refractivity contribution in [1.29, 1.82) is 0 Å². The van der Waals surface area contributed by atoms with Gasteiger partial charge in [-0.05, 0) is 48.7 Å². The summed E-state index contributed by atoms with van der Waals surface area (Å²) in [4.78, 5) is 39.8. The summed E-state index contributed by atoms with van der Waals surface area (Å²) in [5.41, 5.74) is -0.291. The van der Waals surface area contributed by atoms with E-state index in [9.17, 15) is 28.3 Å². The van der Waals surface area contributed by atoms with E-state index in [0.29, 0.717) is 37.0 Å². The van der Waals surface area contributed by atoms with Gasteiger partial charge in [0.05, 0.1) is 24.6 Å². The van der Waals surface area contributed by atoms with E-state index in [-0.39, 0.29) is 35.2 Å². The number of alkyl halides is 2. The molecule has 1 amide bonds. The molecule has 0 aliphatic carbocycles. The Morgan fingerprint density at radius 2 is 1.91 bits per heavy atom. The molecule has 0 bridgehead atoms. The molecule has 4 rings (SSSR count). The molecule has 186 valence electrons. The first-order valence-corrected chi connectivity index (χ1v) is 11.1. The molecule has 1 aromatic heterocycles. The Bertz CT molecular complexity index is 1350. The Hall–Kier alpha value is -3.89. The van der Waals surface area contributed by atoms with Crippen LogP contribution in [0.3, 0.4) is 0 Å². The molecule has 1 unspecified atom stereocenters. The van der Waals surface area contributed by atoms with Crippen LogP contribution >= 0.6 is 0 Å². The smallest absolute Gasteiger partial charge is 0.332 e. The number of benzene rings is 2. The van der Waals surface area contributed by atoms with Crippen LogP contribution in [-0.2, 0) is 11.3 Å². The molecule has 1 saturated heterocycles. The summed E-state index contributed by atoms with van der Waals surface area (Å²) in [6.45, 7) is -0.548. The number of halogens is 2. The average Bonchev–Trinajstić information content (AvgIpc) is 2.88. The Balaban J connectivity index is 1.87. The number of hydrogen-bond acceptors (Lipinski definition) is 6. The van der Waals surface area contributed by atoms with Crippen molar-refractivity contribution in [3.63, 3.8) is 0 Å². The number of rotatable bonds is 8. The van der Waals surface area contributed by atoms with E-state index in [1.807, 2.05) is 0 Å². The van der Waals surface area contributed by atoms with Gasteiger partial charge in [0.15, 0.2) is 18.2 Å². The summed E-state index contributed by atoms with van der Waals surface area (Å²) in [6.07, 6.45) is -0.409. The lowest BCUT2D eigenvalue weighted by Crippen LogP contribution is -2.44. The minimum Gasteiger partial charge on any atom is -0.504 e. The molecule has 2 heterocycles. The molecule has 1 aliphatic rings. The Kier molecular flexibility index (Phi) is 7.04. The highest BCUT2D eigenvalue weighted by molar-refractivity contribution is 5.80. The molecular formula is C24H25F2N3O6. The SMILES string of the molecule is COc1cc(Cn2c(=O)c3cc(OC(F)CF)ccc3n(C3CCN(C=O)CC3)c2=O)ccc1O. The number of nitrogens with zero attached hydrogens (tertiary/aromatic N) is 3. The molecule has 3 aromatic rings. The number of aromatic hydroxyl groups is 1. The zero-order chi connectivity index (χ0) is 25.1. The molecular weight excluding hydrogens is 464 g/mol. The second-order valence-electron chi connectivity index (χ2n) is 8.28. The second-order valence-corrected chi connectivity index (χ2v) is 8.28. The van der Waals surface area contributed by atoms with Crippen molar-refractivity contribution in [3.8, 4) is 17.2 Å². The van der Waals surface area contributed by atoms with Crippen LogP contribution in [0.5, 0.6) is 17.2 Å². The molecule has 1 fully saturated rings. The summed E-state index contributed by atoms with van der Waals surface area (Å²) in [6, 6.07) is 8.37. The third-order valence-electron chi connectivity index (χ3n) is 6.12. The highest BCUT2D eigenvalue weighted by Gasteiger charge is 2.25. The van der Waals surface area contributed by atoms with Crippen molar-refractivity contribution in [2.24, 2.45) is 0 Å². The number of methoxy groups -OCH3 is 1. The van der Waals surface area contributed by atoms with Crippen LogP contribution in [0.1, 0.15) is 24.4 Å². The highest BCUT2D eigenvalue weighted by Crippen LogP contribution is 2.28. The Labute approximate surface area is 198 Å². The van der Waals surface area contributed by atoms with Crippen molar-refractivity contribution >= 4 is 17.3 Å². The molecule has 35 heavy (non-hydrogen) atoms. The molecule has 1 N–H and O–H groups in total. The number of likely N-dealkylation sites (tertiary alicyclic amines) is 1. The maximum absolute atomic E-state index is 13.6. The van der Waals surface area contributed by atoms with Crippen LogP contribution in [0.25, 0.3) is 10.9 Å². The fourth-order valence-corrected chi connectivity index (χ4v) is 4.36. The molecule has 11 heteroatoms. The first-order valence-electron chi connectivity index (χ1n) is 11.1. The number of ether oxygens (including phenoxy) is 2. The van der Waals surface area contributed by atoms with E-state index >= 15 is 0 Å².